The van der Waals surface area contributed by atoms with Gasteiger partial charge in [-0.15, -0.1) is 0 Å². The number of aliphatic hydroxyl groups is 1. The molecule has 16 heavy (non-hydrogen) atoms. The van der Waals surface area contributed by atoms with Gasteiger partial charge >= 0.3 is 0 Å². The molecule has 0 aliphatic carbocycles. The van der Waals surface area contributed by atoms with Crippen molar-refractivity contribution in [1.29, 1.82) is 0 Å². The third-order valence-corrected chi connectivity index (χ3v) is 2.43. The second kappa shape index (κ2) is 7.49. The van der Waals surface area contributed by atoms with Crippen LogP contribution in [0.5, 0.6) is 5.75 Å². The Bertz CT molecular complexity index is 318. The van der Waals surface area contributed by atoms with Crippen molar-refractivity contribution in [2.75, 3.05) is 19.8 Å². The lowest BCUT2D eigenvalue weighted by Gasteiger charge is -2.09. The molecule has 0 saturated heterocycles. The smallest absolute Gasteiger partial charge is 0.137 e. The maximum Gasteiger partial charge on any atom is 0.137 e. The molecule has 3 nitrogen and oxygen atoms in total. The first-order valence-electron chi connectivity index (χ1n) is 5.50. The molecule has 0 atom stereocenters. The number of benzene rings is 1. The van der Waals surface area contributed by atoms with Crippen molar-refractivity contribution in [3.05, 3.63) is 28.8 Å². The Morgan fingerprint density at radius 3 is 2.88 bits per heavy atom. The fraction of sp³-hybridized carbons (Fsp3) is 0.500. The van der Waals surface area contributed by atoms with Gasteiger partial charge in [0.25, 0.3) is 0 Å². The van der Waals surface area contributed by atoms with Crippen LogP contribution in [0.4, 0.5) is 0 Å². The average molecular weight is 244 g/mol. The van der Waals surface area contributed by atoms with Gasteiger partial charge in [0.15, 0.2) is 0 Å². The van der Waals surface area contributed by atoms with Crippen LogP contribution in [0.25, 0.3) is 0 Å². The highest BCUT2D eigenvalue weighted by Gasteiger charge is 2.02. The van der Waals surface area contributed by atoms with Gasteiger partial charge in [0, 0.05) is 19.6 Å². The lowest BCUT2D eigenvalue weighted by atomic mass is 10.2. The average Bonchev–Trinajstić information content (AvgIpc) is 2.29. The Morgan fingerprint density at radius 2 is 2.25 bits per heavy atom. The molecule has 4 heteroatoms. The monoisotopic (exact) mass is 243 g/mol. The number of rotatable bonds is 7. The van der Waals surface area contributed by atoms with Gasteiger partial charge in [0.1, 0.15) is 5.75 Å². The molecule has 0 aliphatic rings. The number of halogens is 1. The van der Waals surface area contributed by atoms with Gasteiger partial charge in [-0.3, -0.25) is 0 Å². The van der Waals surface area contributed by atoms with Crippen molar-refractivity contribution in [3.63, 3.8) is 0 Å². The Hall–Kier alpha value is -0.770. The molecule has 1 rings (SSSR count). The first-order valence-corrected chi connectivity index (χ1v) is 5.88. The van der Waals surface area contributed by atoms with Gasteiger partial charge in [0.05, 0.1) is 11.6 Å². The number of nitrogens with one attached hydrogen (secondary N) is 1. The third-order valence-electron chi connectivity index (χ3n) is 2.14. The topological polar surface area (TPSA) is 41.5 Å². The second-order valence-electron chi connectivity index (χ2n) is 3.47. The van der Waals surface area contributed by atoms with Crippen LogP contribution in [0.2, 0.25) is 5.02 Å². The summed E-state index contributed by atoms with van der Waals surface area (Å²) in [6.45, 7) is 4.44. The summed E-state index contributed by atoms with van der Waals surface area (Å²) in [5, 5.41) is 12.5. The number of hydrogen-bond acceptors (Lipinski definition) is 3. The van der Waals surface area contributed by atoms with Crippen molar-refractivity contribution in [2.24, 2.45) is 0 Å². The molecule has 0 amide bonds. The van der Waals surface area contributed by atoms with E-state index in [0.717, 1.165) is 18.7 Å². The summed E-state index contributed by atoms with van der Waals surface area (Å²) < 4.78 is 5.42. The first-order chi connectivity index (χ1) is 7.77. The van der Waals surface area contributed by atoms with Crippen LogP contribution in [-0.4, -0.2) is 24.9 Å². The third kappa shape index (κ3) is 4.39. The molecular weight excluding hydrogens is 226 g/mol. The molecule has 0 fully saturated rings. The van der Waals surface area contributed by atoms with Crippen LogP contribution in [-0.2, 0) is 6.54 Å². The Labute approximate surface area is 101 Å². The molecule has 2 N–H and O–H groups in total. The Balaban J connectivity index is 2.53. The van der Waals surface area contributed by atoms with Gasteiger partial charge in [-0.1, -0.05) is 24.6 Å². The van der Waals surface area contributed by atoms with Crippen molar-refractivity contribution >= 4 is 11.6 Å². The van der Waals surface area contributed by atoms with Crippen LogP contribution in [0.15, 0.2) is 18.2 Å². The molecule has 0 unspecified atom stereocenters. The van der Waals surface area contributed by atoms with E-state index in [1.54, 1.807) is 0 Å². The minimum absolute atomic E-state index is 0.135. The maximum atomic E-state index is 8.63. The zero-order valence-electron chi connectivity index (χ0n) is 9.50. The molecular formula is C12H18ClNO2. The predicted molar refractivity (Wildman–Crippen MR) is 66.0 cm³/mol. The summed E-state index contributed by atoms with van der Waals surface area (Å²) in [4.78, 5) is 0. The molecule has 0 aliphatic heterocycles. The van der Waals surface area contributed by atoms with E-state index in [0.29, 0.717) is 23.8 Å². The van der Waals surface area contributed by atoms with E-state index in [4.69, 9.17) is 21.4 Å². The molecule has 0 aromatic heterocycles. The molecule has 90 valence electrons. The summed E-state index contributed by atoms with van der Waals surface area (Å²) in [7, 11) is 0. The highest BCUT2D eigenvalue weighted by molar-refractivity contribution is 6.32. The lowest BCUT2D eigenvalue weighted by molar-refractivity contribution is 0.233. The normalized spacial score (nSPS) is 10.4. The van der Waals surface area contributed by atoms with Crippen molar-refractivity contribution < 1.29 is 9.84 Å². The molecule has 1 aromatic rings. The van der Waals surface area contributed by atoms with Crippen molar-refractivity contribution in [3.8, 4) is 5.75 Å². The summed E-state index contributed by atoms with van der Waals surface area (Å²) in [6.07, 6.45) is 0.621. The molecule has 0 radical (unpaired) electrons. The number of hydrogen-bond donors (Lipinski definition) is 2. The lowest BCUT2D eigenvalue weighted by Crippen LogP contribution is -2.11. The number of aliphatic hydroxyl groups excluding tert-OH is 1. The van der Waals surface area contributed by atoms with Crippen LogP contribution in [0.3, 0.4) is 0 Å². The summed E-state index contributed by atoms with van der Waals surface area (Å²) in [6, 6.07) is 5.76. The van der Waals surface area contributed by atoms with Gasteiger partial charge in [-0.2, -0.15) is 0 Å². The van der Waals surface area contributed by atoms with E-state index in [1.807, 2.05) is 18.2 Å². The fourth-order valence-corrected chi connectivity index (χ4v) is 1.55. The van der Waals surface area contributed by atoms with E-state index in [9.17, 15) is 0 Å². The van der Waals surface area contributed by atoms with Crippen molar-refractivity contribution in [2.45, 2.75) is 19.9 Å². The zero-order valence-corrected chi connectivity index (χ0v) is 10.3. The van der Waals surface area contributed by atoms with Crippen LogP contribution in [0, 0.1) is 0 Å². The summed E-state index contributed by atoms with van der Waals surface area (Å²) in [5.74, 6) is 0.676. The minimum Gasteiger partial charge on any atom is -0.492 e. The van der Waals surface area contributed by atoms with Gasteiger partial charge in [0.2, 0.25) is 0 Å². The van der Waals surface area contributed by atoms with Gasteiger partial charge < -0.3 is 15.2 Å². The SMILES string of the molecule is CCNCc1ccc(OCCCO)c(Cl)c1. The quantitative estimate of drug-likeness (QED) is 0.722. The van der Waals surface area contributed by atoms with E-state index in [1.165, 1.54) is 0 Å². The highest BCUT2D eigenvalue weighted by Crippen LogP contribution is 2.25. The van der Waals surface area contributed by atoms with Crippen LogP contribution in [0.1, 0.15) is 18.9 Å². The van der Waals surface area contributed by atoms with E-state index in [-0.39, 0.29) is 6.61 Å². The number of ether oxygens (including phenoxy) is 1. The van der Waals surface area contributed by atoms with E-state index in [2.05, 4.69) is 12.2 Å². The van der Waals surface area contributed by atoms with Gasteiger partial charge in [-0.05, 0) is 24.2 Å². The minimum atomic E-state index is 0.135. The maximum absolute atomic E-state index is 8.63. The molecule has 1 aromatic carbocycles. The largest absolute Gasteiger partial charge is 0.492 e. The molecule has 0 saturated carbocycles. The standard InChI is InChI=1S/C12H18ClNO2/c1-2-14-9-10-4-5-12(11(13)8-10)16-7-3-6-15/h4-5,8,14-15H,2-3,6-7,9H2,1H3. The molecule has 0 bridgehead atoms. The van der Waals surface area contributed by atoms with Crippen molar-refractivity contribution in [1.82, 2.24) is 5.32 Å². The van der Waals surface area contributed by atoms with E-state index < -0.39 is 0 Å². The first kappa shape index (κ1) is 13.3. The molecule has 0 spiro atoms. The predicted octanol–water partition coefficient (Wildman–Crippen LogP) is 2.21. The van der Waals surface area contributed by atoms with Crippen LogP contribution < -0.4 is 10.1 Å². The second-order valence-corrected chi connectivity index (χ2v) is 3.88. The van der Waals surface area contributed by atoms with Gasteiger partial charge in [-0.25, -0.2) is 0 Å². The Morgan fingerprint density at radius 1 is 1.44 bits per heavy atom. The highest BCUT2D eigenvalue weighted by atomic mass is 35.5. The fourth-order valence-electron chi connectivity index (χ4n) is 1.29. The van der Waals surface area contributed by atoms with Crippen LogP contribution >= 0.6 is 11.6 Å². The van der Waals surface area contributed by atoms with E-state index >= 15 is 0 Å². The zero-order chi connectivity index (χ0) is 11.8. The summed E-state index contributed by atoms with van der Waals surface area (Å²) >= 11 is 6.07. The molecule has 0 heterocycles. The Kier molecular flexibility index (Phi) is 6.23. The summed E-state index contributed by atoms with van der Waals surface area (Å²) in [5.41, 5.74) is 1.14.